The predicted molar refractivity (Wildman–Crippen MR) is 79.9 cm³/mol. The zero-order valence-electron chi connectivity index (χ0n) is 13.0. The minimum absolute atomic E-state index is 0.0710. The highest BCUT2D eigenvalue weighted by molar-refractivity contribution is 5.79. The number of ether oxygens (including phenoxy) is 1. The number of rotatable bonds is 5. The van der Waals surface area contributed by atoms with Gasteiger partial charge >= 0.3 is 0 Å². The standard InChI is InChI=1S/C16H28N2O3/c1-2-17(12-6-7-12)10-16(20)18-8-9-21-11-14(18)13-4-3-5-15(13)19/h12-15,19H,2-11H2,1H3/t13-,14-,15+/m1/s1. The zero-order chi connectivity index (χ0) is 14.8. The van der Waals surface area contributed by atoms with Crippen LogP contribution in [0, 0.1) is 5.92 Å². The van der Waals surface area contributed by atoms with Crippen LogP contribution in [0.2, 0.25) is 0 Å². The van der Waals surface area contributed by atoms with Crippen LogP contribution in [0.15, 0.2) is 0 Å². The number of aliphatic hydroxyl groups excluding tert-OH is 1. The quantitative estimate of drug-likeness (QED) is 0.817. The molecule has 3 aliphatic rings. The molecule has 1 N–H and O–H groups in total. The molecule has 3 atom stereocenters. The van der Waals surface area contributed by atoms with E-state index in [9.17, 15) is 9.90 Å². The highest BCUT2D eigenvalue weighted by Gasteiger charge is 2.40. The van der Waals surface area contributed by atoms with Gasteiger partial charge in [-0.1, -0.05) is 13.3 Å². The Kier molecular flexibility index (Phi) is 4.82. The zero-order valence-corrected chi connectivity index (χ0v) is 13.0. The lowest BCUT2D eigenvalue weighted by molar-refractivity contribution is -0.145. The third kappa shape index (κ3) is 3.41. The summed E-state index contributed by atoms with van der Waals surface area (Å²) in [5.41, 5.74) is 0. The normalized spacial score (nSPS) is 33.7. The van der Waals surface area contributed by atoms with Crippen molar-refractivity contribution >= 4 is 5.91 Å². The molecule has 0 aromatic carbocycles. The number of likely N-dealkylation sites (N-methyl/N-ethyl adjacent to an activating group) is 1. The first kappa shape index (κ1) is 15.3. The molecule has 0 aromatic rings. The van der Waals surface area contributed by atoms with Gasteiger partial charge in [-0.15, -0.1) is 0 Å². The molecule has 0 spiro atoms. The van der Waals surface area contributed by atoms with Gasteiger partial charge < -0.3 is 14.7 Å². The SMILES string of the molecule is CCN(CC(=O)N1CCOC[C@@H]1[C@H]1CCC[C@@H]1O)C1CC1. The molecule has 1 heterocycles. The Labute approximate surface area is 127 Å². The van der Waals surface area contributed by atoms with Crippen molar-refractivity contribution in [3.63, 3.8) is 0 Å². The van der Waals surface area contributed by atoms with Crippen molar-refractivity contribution in [2.45, 2.75) is 57.2 Å². The molecule has 2 aliphatic carbocycles. The molecule has 0 aromatic heterocycles. The van der Waals surface area contributed by atoms with Gasteiger partial charge in [0, 0.05) is 18.5 Å². The van der Waals surface area contributed by atoms with Gasteiger partial charge in [0.25, 0.3) is 0 Å². The monoisotopic (exact) mass is 296 g/mol. The number of aliphatic hydroxyl groups is 1. The molecule has 21 heavy (non-hydrogen) atoms. The summed E-state index contributed by atoms with van der Waals surface area (Å²) in [5.74, 6) is 0.418. The Morgan fingerprint density at radius 1 is 1.33 bits per heavy atom. The summed E-state index contributed by atoms with van der Waals surface area (Å²) in [6, 6.07) is 0.692. The molecule has 1 saturated heterocycles. The molecular formula is C16H28N2O3. The molecule has 1 amide bonds. The van der Waals surface area contributed by atoms with Crippen molar-refractivity contribution in [3.05, 3.63) is 0 Å². The summed E-state index contributed by atoms with van der Waals surface area (Å²) in [5, 5.41) is 10.2. The van der Waals surface area contributed by atoms with E-state index >= 15 is 0 Å². The number of morpholine rings is 1. The second-order valence-corrected chi connectivity index (χ2v) is 6.69. The van der Waals surface area contributed by atoms with Crippen LogP contribution >= 0.6 is 0 Å². The molecule has 0 unspecified atom stereocenters. The fraction of sp³-hybridized carbons (Fsp3) is 0.938. The number of amides is 1. The predicted octanol–water partition coefficient (Wildman–Crippen LogP) is 0.859. The number of carbonyl (C=O) groups is 1. The van der Waals surface area contributed by atoms with Crippen LogP contribution in [0.3, 0.4) is 0 Å². The molecule has 2 saturated carbocycles. The first-order valence-corrected chi connectivity index (χ1v) is 8.50. The lowest BCUT2D eigenvalue weighted by Gasteiger charge is -2.41. The van der Waals surface area contributed by atoms with E-state index in [-0.39, 0.29) is 24.0 Å². The van der Waals surface area contributed by atoms with E-state index in [0.29, 0.717) is 32.3 Å². The van der Waals surface area contributed by atoms with Crippen LogP contribution in [0.1, 0.15) is 39.0 Å². The topological polar surface area (TPSA) is 53.0 Å². The molecular weight excluding hydrogens is 268 g/mol. The summed E-state index contributed by atoms with van der Waals surface area (Å²) >= 11 is 0. The van der Waals surface area contributed by atoms with E-state index in [4.69, 9.17) is 4.74 Å². The molecule has 5 nitrogen and oxygen atoms in total. The third-order valence-corrected chi connectivity index (χ3v) is 5.32. The summed E-state index contributed by atoms with van der Waals surface area (Å²) < 4.78 is 5.60. The molecule has 1 aliphatic heterocycles. The van der Waals surface area contributed by atoms with E-state index in [1.54, 1.807) is 0 Å². The minimum Gasteiger partial charge on any atom is -0.393 e. The van der Waals surface area contributed by atoms with Crippen LogP contribution in [-0.2, 0) is 9.53 Å². The first-order chi connectivity index (χ1) is 10.2. The second kappa shape index (κ2) is 6.63. The average Bonchev–Trinajstić information content (AvgIpc) is 3.26. The highest BCUT2D eigenvalue weighted by atomic mass is 16.5. The molecule has 120 valence electrons. The van der Waals surface area contributed by atoms with Gasteiger partial charge in [0.05, 0.1) is 31.9 Å². The first-order valence-electron chi connectivity index (χ1n) is 8.50. The van der Waals surface area contributed by atoms with Crippen molar-refractivity contribution < 1.29 is 14.6 Å². The summed E-state index contributed by atoms with van der Waals surface area (Å²) in [6.45, 7) is 5.49. The van der Waals surface area contributed by atoms with Crippen LogP contribution in [-0.4, -0.2) is 71.8 Å². The Bertz CT molecular complexity index is 373. The van der Waals surface area contributed by atoms with Gasteiger partial charge in [-0.3, -0.25) is 9.69 Å². The van der Waals surface area contributed by atoms with E-state index in [1.165, 1.54) is 12.8 Å². The Balaban J connectivity index is 1.63. The van der Waals surface area contributed by atoms with Gasteiger partial charge in [-0.2, -0.15) is 0 Å². The smallest absolute Gasteiger partial charge is 0.237 e. The van der Waals surface area contributed by atoms with Gasteiger partial charge in [0.2, 0.25) is 5.91 Å². The van der Waals surface area contributed by atoms with Crippen molar-refractivity contribution in [2.24, 2.45) is 5.92 Å². The summed E-state index contributed by atoms with van der Waals surface area (Å²) in [4.78, 5) is 17.0. The molecule has 3 fully saturated rings. The molecule has 3 rings (SSSR count). The number of hydrogen-bond donors (Lipinski definition) is 1. The molecule has 0 bridgehead atoms. The van der Waals surface area contributed by atoms with Crippen LogP contribution in [0.5, 0.6) is 0 Å². The number of nitrogens with zero attached hydrogens (tertiary/aromatic N) is 2. The van der Waals surface area contributed by atoms with E-state index < -0.39 is 0 Å². The lowest BCUT2D eigenvalue weighted by atomic mass is 9.94. The van der Waals surface area contributed by atoms with Crippen molar-refractivity contribution in [3.8, 4) is 0 Å². The van der Waals surface area contributed by atoms with E-state index in [0.717, 1.165) is 25.8 Å². The van der Waals surface area contributed by atoms with Crippen molar-refractivity contribution in [1.29, 1.82) is 0 Å². The van der Waals surface area contributed by atoms with Crippen LogP contribution in [0.25, 0.3) is 0 Å². The summed E-state index contributed by atoms with van der Waals surface area (Å²) in [7, 11) is 0. The van der Waals surface area contributed by atoms with Crippen molar-refractivity contribution in [1.82, 2.24) is 9.80 Å². The fourth-order valence-electron chi connectivity index (χ4n) is 3.91. The lowest BCUT2D eigenvalue weighted by Crippen LogP contribution is -2.55. The minimum atomic E-state index is -0.266. The summed E-state index contributed by atoms with van der Waals surface area (Å²) in [6.07, 6.45) is 5.14. The van der Waals surface area contributed by atoms with Crippen LogP contribution in [0.4, 0.5) is 0 Å². The van der Waals surface area contributed by atoms with Gasteiger partial charge in [0.1, 0.15) is 0 Å². The largest absolute Gasteiger partial charge is 0.393 e. The Morgan fingerprint density at radius 2 is 2.14 bits per heavy atom. The van der Waals surface area contributed by atoms with Crippen LogP contribution < -0.4 is 0 Å². The third-order valence-electron chi connectivity index (χ3n) is 5.32. The van der Waals surface area contributed by atoms with Gasteiger partial charge in [0.15, 0.2) is 0 Å². The maximum atomic E-state index is 12.7. The molecule has 5 heteroatoms. The maximum Gasteiger partial charge on any atom is 0.237 e. The Morgan fingerprint density at radius 3 is 2.76 bits per heavy atom. The van der Waals surface area contributed by atoms with Gasteiger partial charge in [-0.25, -0.2) is 0 Å². The second-order valence-electron chi connectivity index (χ2n) is 6.69. The number of carbonyl (C=O) groups excluding carboxylic acids is 1. The Hall–Kier alpha value is -0.650. The fourth-order valence-corrected chi connectivity index (χ4v) is 3.91. The highest BCUT2D eigenvalue weighted by Crippen LogP contribution is 2.32. The van der Waals surface area contributed by atoms with E-state index in [1.807, 2.05) is 4.90 Å². The maximum absolute atomic E-state index is 12.7. The van der Waals surface area contributed by atoms with E-state index in [2.05, 4.69) is 11.8 Å². The van der Waals surface area contributed by atoms with Gasteiger partial charge in [-0.05, 0) is 32.2 Å². The average molecular weight is 296 g/mol. The number of hydrogen-bond acceptors (Lipinski definition) is 4. The molecule has 0 radical (unpaired) electrons. The van der Waals surface area contributed by atoms with Crippen molar-refractivity contribution in [2.75, 3.05) is 32.8 Å².